The normalized spacial score (nSPS) is 9.42. The minimum atomic E-state index is -0.280. The van der Waals surface area contributed by atoms with Crippen LogP contribution in [0.1, 0.15) is 15.9 Å². The maximum Gasteiger partial charge on any atom is 0.337 e. The number of methoxy groups -OCH3 is 1. The van der Waals surface area contributed by atoms with Crippen molar-refractivity contribution >= 4 is 13.8 Å². The molecule has 0 fully saturated rings. The van der Waals surface area contributed by atoms with Crippen LogP contribution < -0.4 is 0 Å². The highest BCUT2D eigenvalue weighted by Crippen LogP contribution is 2.04. The van der Waals surface area contributed by atoms with Crippen molar-refractivity contribution in [1.29, 1.82) is 0 Å². The lowest BCUT2D eigenvalue weighted by atomic mass is 9.96. The molecule has 0 aliphatic carbocycles. The molecule has 0 amide bonds. The summed E-state index contributed by atoms with van der Waals surface area (Å²) in [7, 11) is 3.46. The number of hydrogen-bond donors (Lipinski definition) is 0. The molecule has 1 rings (SSSR count). The van der Waals surface area contributed by atoms with Crippen molar-refractivity contribution < 1.29 is 9.53 Å². The van der Waals surface area contributed by atoms with E-state index in [4.69, 9.17) is 0 Å². The van der Waals surface area contributed by atoms with E-state index in [0.29, 0.717) is 5.56 Å². The van der Waals surface area contributed by atoms with Gasteiger partial charge in [0.15, 0.2) is 0 Å². The summed E-state index contributed by atoms with van der Waals surface area (Å²) in [5, 5.41) is 0. The third-order valence-corrected chi connectivity index (χ3v) is 1.78. The molecule has 0 aliphatic rings. The van der Waals surface area contributed by atoms with E-state index < -0.39 is 0 Å². The van der Waals surface area contributed by atoms with Crippen LogP contribution in [0.15, 0.2) is 24.3 Å². The van der Waals surface area contributed by atoms with Gasteiger partial charge in [-0.05, 0) is 12.1 Å². The van der Waals surface area contributed by atoms with Gasteiger partial charge in [0.1, 0.15) is 7.85 Å². The third kappa shape index (κ3) is 1.88. The van der Waals surface area contributed by atoms with Gasteiger partial charge in [0.2, 0.25) is 0 Å². The molecule has 0 bridgehead atoms. The van der Waals surface area contributed by atoms with E-state index in [-0.39, 0.29) is 5.97 Å². The first kappa shape index (κ1) is 8.85. The summed E-state index contributed by atoms with van der Waals surface area (Å²) in [4.78, 5) is 11.0. The van der Waals surface area contributed by atoms with E-state index in [2.05, 4.69) is 12.6 Å². The monoisotopic (exact) mass is 162 g/mol. The van der Waals surface area contributed by atoms with Gasteiger partial charge in [-0.2, -0.15) is 0 Å². The Labute approximate surface area is 73.0 Å². The lowest BCUT2D eigenvalue weighted by molar-refractivity contribution is 0.0601. The average Bonchev–Trinajstić information content (AvgIpc) is 2.17. The molecule has 1 aromatic rings. The first-order valence-electron chi connectivity index (χ1n) is 3.95. The van der Waals surface area contributed by atoms with E-state index in [1.54, 1.807) is 12.1 Å². The maximum atomic E-state index is 11.0. The summed E-state index contributed by atoms with van der Waals surface area (Å²) in [5.41, 5.74) is 1.83. The third-order valence-electron chi connectivity index (χ3n) is 1.78. The zero-order chi connectivity index (χ0) is 8.97. The number of ether oxygens (including phenoxy) is 1. The lowest BCUT2D eigenvalue weighted by Gasteiger charge is -1.99. The summed E-state index contributed by atoms with van der Waals surface area (Å²) in [5.74, 6) is -0.280. The van der Waals surface area contributed by atoms with Gasteiger partial charge in [0, 0.05) is 0 Å². The summed E-state index contributed by atoms with van der Waals surface area (Å²) in [6.07, 6.45) is 0.988. The molecule has 0 saturated heterocycles. The Morgan fingerprint density at radius 1 is 1.42 bits per heavy atom. The van der Waals surface area contributed by atoms with Crippen LogP contribution in [0.3, 0.4) is 0 Å². The van der Waals surface area contributed by atoms with Crippen molar-refractivity contribution in [3.63, 3.8) is 0 Å². The van der Waals surface area contributed by atoms with Crippen molar-refractivity contribution in [3.05, 3.63) is 35.4 Å². The molecule has 0 spiro atoms. The molecule has 0 radical (unpaired) electrons. The molecule has 3 heteroatoms. The molecule has 12 heavy (non-hydrogen) atoms. The molecule has 0 aliphatic heterocycles. The number of esters is 1. The molecule has 62 valence electrons. The molecule has 0 aromatic heterocycles. The number of hydrogen-bond acceptors (Lipinski definition) is 2. The van der Waals surface area contributed by atoms with Crippen LogP contribution in [0, 0.1) is 0 Å². The van der Waals surface area contributed by atoms with Crippen LogP contribution in [0.4, 0.5) is 0 Å². The maximum absolute atomic E-state index is 11.0. The number of carbonyl (C=O) groups excluding carboxylic acids is 1. The van der Waals surface area contributed by atoms with E-state index in [0.717, 1.165) is 6.32 Å². The molecule has 0 heterocycles. The standard InChI is InChI=1S/C9H11BO2/c1-12-9(11)8-4-2-7(6-10)3-5-8/h2-5H,6,10H2,1H3. The molecular formula is C9H11BO2. The SMILES string of the molecule is BCc1ccc(C(=O)OC)cc1. The molecular weight excluding hydrogens is 151 g/mol. The summed E-state index contributed by atoms with van der Waals surface area (Å²) < 4.78 is 4.57. The molecule has 0 saturated carbocycles. The van der Waals surface area contributed by atoms with E-state index in [9.17, 15) is 4.79 Å². The van der Waals surface area contributed by atoms with Gasteiger partial charge < -0.3 is 4.74 Å². The van der Waals surface area contributed by atoms with Crippen LogP contribution in [0.2, 0.25) is 0 Å². The highest BCUT2D eigenvalue weighted by Gasteiger charge is 2.02. The minimum absolute atomic E-state index is 0.280. The quantitative estimate of drug-likeness (QED) is 0.470. The number of benzene rings is 1. The fourth-order valence-electron chi connectivity index (χ4n) is 0.994. The van der Waals surface area contributed by atoms with Gasteiger partial charge in [-0.15, -0.1) is 0 Å². The Hall–Kier alpha value is -1.25. The largest absolute Gasteiger partial charge is 0.465 e. The highest BCUT2D eigenvalue weighted by molar-refractivity contribution is 6.08. The van der Waals surface area contributed by atoms with Crippen molar-refractivity contribution in [3.8, 4) is 0 Å². The van der Waals surface area contributed by atoms with E-state index >= 15 is 0 Å². The summed E-state index contributed by atoms with van der Waals surface area (Å²) in [6, 6.07) is 7.44. The van der Waals surface area contributed by atoms with E-state index in [1.165, 1.54) is 12.7 Å². The van der Waals surface area contributed by atoms with E-state index in [1.807, 2.05) is 12.1 Å². The second-order valence-corrected chi connectivity index (χ2v) is 2.54. The van der Waals surface area contributed by atoms with Gasteiger partial charge in [-0.3, -0.25) is 0 Å². The zero-order valence-electron chi connectivity index (χ0n) is 7.33. The predicted octanol–water partition coefficient (Wildman–Crippen LogP) is 0.606. The first-order chi connectivity index (χ1) is 5.77. The van der Waals surface area contributed by atoms with Crippen LogP contribution in [0.25, 0.3) is 0 Å². The van der Waals surface area contributed by atoms with Gasteiger partial charge >= 0.3 is 5.97 Å². The second kappa shape index (κ2) is 3.95. The Bertz CT molecular complexity index is 266. The van der Waals surface area contributed by atoms with Gasteiger partial charge in [-0.1, -0.05) is 24.0 Å². The number of rotatable bonds is 2. The lowest BCUT2D eigenvalue weighted by Crippen LogP contribution is -2.00. The van der Waals surface area contributed by atoms with Crippen LogP contribution in [-0.2, 0) is 11.1 Å². The predicted molar refractivity (Wildman–Crippen MR) is 50.0 cm³/mol. The first-order valence-corrected chi connectivity index (χ1v) is 3.95. The van der Waals surface area contributed by atoms with Gasteiger partial charge in [0.05, 0.1) is 12.7 Å². The Kier molecular flexibility index (Phi) is 2.91. The van der Waals surface area contributed by atoms with Gasteiger partial charge in [-0.25, -0.2) is 4.79 Å². The van der Waals surface area contributed by atoms with Crippen LogP contribution >= 0.6 is 0 Å². The molecule has 0 unspecified atom stereocenters. The second-order valence-electron chi connectivity index (χ2n) is 2.54. The van der Waals surface area contributed by atoms with Gasteiger partial charge in [0.25, 0.3) is 0 Å². The summed E-state index contributed by atoms with van der Waals surface area (Å²) >= 11 is 0. The molecule has 1 aromatic carbocycles. The van der Waals surface area contributed by atoms with Crippen molar-refractivity contribution in [2.45, 2.75) is 6.32 Å². The fraction of sp³-hybridized carbons (Fsp3) is 0.222. The van der Waals surface area contributed by atoms with Crippen molar-refractivity contribution in [2.75, 3.05) is 7.11 Å². The minimum Gasteiger partial charge on any atom is -0.465 e. The molecule has 0 N–H and O–H groups in total. The average molecular weight is 162 g/mol. The van der Waals surface area contributed by atoms with Crippen molar-refractivity contribution in [1.82, 2.24) is 0 Å². The molecule has 2 nitrogen and oxygen atoms in total. The van der Waals surface area contributed by atoms with Crippen molar-refractivity contribution in [2.24, 2.45) is 0 Å². The zero-order valence-corrected chi connectivity index (χ0v) is 7.33. The Balaban J connectivity index is 2.84. The number of carbonyl (C=O) groups is 1. The fourth-order valence-corrected chi connectivity index (χ4v) is 0.994. The Morgan fingerprint density at radius 2 is 2.00 bits per heavy atom. The smallest absolute Gasteiger partial charge is 0.337 e. The Morgan fingerprint density at radius 3 is 2.42 bits per heavy atom. The topological polar surface area (TPSA) is 26.3 Å². The van der Waals surface area contributed by atoms with Crippen LogP contribution in [0.5, 0.6) is 0 Å². The highest BCUT2D eigenvalue weighted by atomic mass is 16.5. The molecule has 0 atom stereocenters. The summed E-state index contributed by atoms with van der Waals surface area (Å²) in [6.45, 7) is 0. The van der Waals surface area contributed by atoms with Crippen LogP contribution in [-0.4, -0.2) is 20.9 Å².